The van der Waals surface area contributed by atoms with Crippen LogP contribution in [0.4, 0.5) is 0 Å². The first-order valence-corrected chi connectivity index (χ1v) is 3.10. The van der Waals surface area contributed by atoms with E-state index in [1.165, 1.54) is 6.42 Å². The smallest absolute Gasteiger partial charge is 0.0931 e. The first-order chi connectivity index (χ1) is 3.79. The van der Waals surface area contributed by atoms with Gasteiger partial charge in [-0.2, -0.15) is 0 Å². The van der Waals surface area contributed by atoms with Crippen molar-refractivity contribution in [3.63, 3.8) is 0 Å². The fourth-order valence-electron chi connectivity index (χ4n) is 0.879. The maximum atomic E-state index is 7.17. The van der Waals surface area contributed by atoms with E-state index in [0.29, 0.717) is 5.84 Å². The predicted molar refractivity (Wildman–Crippen MR) is 34.1 cm³/mol. The van der Waals surface area contributed by atoms with Crippen molar-refractivity contribution < 1.29 is 0 Å². The predicted octanol–water partition coefficient (Wildman–Crippen LogP) is 0.983. The van der Waals surface area contributed by atoms with E-state index in [4.69, 9.17) is 5.41 Å². The van der Waals surface area contributed by atoms with Crippen molar-refractivity contribution in [2.45, 2.75) is 19.8 Å². The lowest BCUT2D eigenvalue weighted by Gasteiger charge is -2.19. The largest absolute Gasteiger partial charge is 0.374 e. The molecule has 0 aliphatic carbocycles. The molecule has 0 saturated carbocycles. The Morgan fingerprint density at radius 1 is 1.75 bits per heavy atom. The fraction of sp³-hybridized carbons (Fsp3) is 0.833. The van der Waals surface area contributed by atoms with E-state index in [1.807, 2.05) is 0 Å². The molecule has 2 heteroatoms. The van der Waals surface area contributed by atoms with Crippen molar-refractivity contribution in [3.05, 3.63) is 0 Å². The summed E-state index contributed by atoms with van der Waals surface area (Å²) in [7, 11) is 0. The van der Waals surface area contributed by atoms with E-state index < -0.39 is 0 Å². The van der Waals surface area contributed by atoms with Crippen molar-refractivity contribution in [2.24, 2.45) is 5.92 Å². The third-order valence-corrected chi connectivity index (χ3v) is 1.55. The molecule has 1 aliphatic rings. The molecule has 0 amide bonds. The normalized spacial score (nSPS) is 29.6. The maximum absolute atomic E-state index is 7.17. The van der Waals surface area contributed by atoms with Crippen LogP contribution in [-0.4, -0.2) is 12.4 Å². The molecule has 0 radical (unpaired) electrons. The van der Waals surface area contributed by atoms with E-state index in [-0.39, 0.29) is 0 Å². The van der Waals surface area contributed by atoms with Crippen LogP contribution < -0.4 is 5.32 Å². The van der Waals surface area contributed by atoms with Crippen LogP contribution in [0.1, 0.15) is 19.8 Å². The molecule has 0 spiro atoms. The lowest BCUT2D eigenvalue weighted by Crippen LogP contribution is -2.32. The summed E-state index contributed by atoms with van der Waals surface area (Å²) in [5.74, 6) is 1.48. The number of nitrogens with one attached hydrogen (secondary N) is 2. The van der Waals surface area contributed by atoms with Gasteiger partial charge in [0.2, 0.25) is 0 Å². The average Bonchev–Trinajstić information content (AvgIpc) is 1.77. The standard InChI is InChI=1S/C6H12N2/c1-5-2-3-6(7)8-4-5/h5H,2-4H2,1H3,(H2,7,8)/t5-/m1/s1. The number of amidine groups is 1. The third kappa shape index (κ3) is 1.22. The highest BCUT2D eigenvalue weighted by molar-refractivity contribution is 5.79. The highest BCUT2D eigenvalue weighted by Gasteiger charge is 2.09. The summed E-state index contributed by atoms with van der Waals surface area (Å²) in [4.78, 5) is 0. The first-order valence-electron chi connectivity index (χ1n) is 3.10. The summed E-state index contributed by atoms with van der Waals surface area (Å²) in [5.41, 5.74) is 0. The van der Waals surface area contributed by atoms with E-state index in [0.717, 1.165) is 18.9 Å². The topological polar surface area (TPSA) is 35.9 Å². The zero-order valence-electron chi connectivity index (χ0n) is 5.20. The zero-order chi connectivity index (χ0) is 5.98. The molecule has 1 aliphatic heterocycles. The molecule has 8 heavy (non-hydrogen) atoms. The fourth-order valence-corrected chi connectivity index (χ4v) is 0.879. The SMILES string of the molecule is C[C@@H]1CCC(=N)NC1. The molecule has 1 saturated heterocycles. The Morgan fingerprint density at radius 2 is 2.50 bits per heavy atom. The molecule has 0 bridgehead atoms. The Hall–Kier alpha value is -0.530. The molecular formula is C6H12N2. The molecule has 1 rings (SSSR count). The Bertz CT molecular complexity index is 88.7. The van der Waals surface area contributed by atoms with Crippen LogP contribution in [0.2, 0.25) is 0 Å². The van der Waals surface area contributed by atoms with Gasteiger partial charge in [0.15, 0.2) is 0 Å². The molecule has 2 nitrogen and oxygen atoms in total. The summed E-state index contributed by atoms with van der Waals surface area (Å²) in [6.45, 7) is 3.21. The summed E-state index contributed by atoms with van der Waals surface area (Å²) < 4.78 is 0. The minimum absolute atomic E-state index is 0.711. The van der Waals surface area contributed by atoms with Gasteiger partial charge in [0, 0.05) is 13.0 Å². The Morgan fingerprint density at radius 3 is 2.88 bits per heavy atom. The van der Waals surface area contributed by atoms with Crippen molar-refractivity contribution in [2.75, 3.05) is 6.54 Å². The van der Waals surface area contributed by atoms with E-state index >= 15 is 0 Å². The molecule has 46 valence electrons. The minimum Gasteiger partial charge on any atom is -0.374 e. The molecule has 0 aromatic carbocycles. The number of rotatable bonds is 0. The van der Waals surface area contributed by atoms with Crippen molar-refractivity contribution >= 4 is 5.84 Å². The van der Waals surface area contributed by atoms with Crippen molar-refractivity contribution in [3.8, 4) is 0 Å². The second kappa shape index (κ2) is 2.16. The molecule has 0 unspecified atom stereocenters. The van der Waals surface area contributed by atoms with Crippen LogP contribution in [-0.2, 0) is 0 Å². The van der Waals surface area contributed by atoms with Gasteiger partial charge in [0.1, 0.15) is 0 Å². The van der Waals surface area contributed by atoms with Gasteiger partial charge < -0.3 is 5.32 Å². The number of hydrogen-bond acceptors (Lipinski definition) is 1. The van der Waals surface area contributed by atoms with E-state index in [2.05, 4.69) is 12.2 Å². The highest BCUT2D eigenvalue weighted by atomic mass is 14.9. The lowest BCUT2D eigenvalue weighted by molar-refractivity contribution is 0.495. The molecule has 0 aromatic heterocycles. The van der Waals surface area contributed by atoms with Crippen molar-refractivity contribution in [1.29, 1.82) is 5.41 Å². The van der Waals surface area contributed by atoms with Crippen LogP contribution in [0.25, 0.3) is 0 Å². The van der Waals surface area contributed by atoms with Gasteiger partial charge in [0.05, 0.1) is 5.84 Å². The quantitative estimate of drug-likeness (QED) is 0.481. The van der Waals surface area contributed by atoms with Gasteiger partial charge in [-0.05, 0) is 12.3 Å². The Labute approximate surface area is 49.8 Å². The lowest BCUT2D eigenvalue weighted by atomic mass is 10.0. The first kappa shape index (κ1) is 5.60. The van der Waals surface area contributed by atoms with E-state index in [1.54, 1.807) is 0 Å². The minimum atomic E-state index is 0.711. The maximum Gasteiger partial charge on any atom is 0.0931 e. The highest BCUT2D eigenvalue weighted by Crippen LogP contribution is 2.08. The molecule has 2 N–H and O–H groups in total. The Kier molecular flexibility index (Phi) is 1.51. The number of piperidine rings is 1. The van der Waals surface area contributed by atoms with Gasteiger partial charge in [0.25, 0.3) is 0 Å². The van der Waals surface area contributed by atoms with Gasteiger partial charge in [-0.3, -0.25) is 5.41 Å². The van der Waals surface area contributed by atoms with Gasteiger partial charge in [-0.15, -0.1) is 0 Å². The van der Waals surface area contributed by atoms with Crippen molar-refractivity contribution in [1.82, 2.24) is 5.32 Å². The zero-order valence-corrected chi connectivity index (χ0v) is 5.20. The van der Waals surface area contributed by atoms with Crippen LogP contribution in [0, 0.1) is 11.3 Å². The average molecular weight is 112 g/mol. The summed E-state index contributed by atoms with van der Waals surface area (Å²) in [6, 6.07) is 0. The van der Waals surface area contributed by atoms with Gasteiger partial charge in [-0.25, -0.2) is 0 Å². The van der Waals surface area contributed by atoms with Crippen LogP contribution in [0.5, 0.6) is 0 Å². The van der Waals surface area contributed by atoms with Gasteiger partial charge >= 0.3 is 0 Å². The molecule has 0 aromatic rings. The third-order valence-electron chi connectivity index (χ3n) is 1.55. The number of hydrogen-bond donors (Lipinski definition) is 2. The summed E-state index contributed by atoms with van der Waals surface area (Å²) in [6.07, 6.45) is 2.13. The summed E-state index contributed by atoms with van der Waals surface area (Å²) >= 11 is 0. The van der Waals surface area contributed by atoms with Crippen LogP contribution >= 0.6 is 0 Å². The summed E-state index contributed by atoms with van der Waals surface area (Å²) in [5, 5.41) is 10.2. The van der Waals surface area contributed by atoms with Crippen LogP contribution in [0.3, 0.4) is 0 Å². The second-order valence-corrected chi connectivity index (χ2v) is 2.50. The monoisotopic (exact) mass is 112 g/mol. The molecule has 1 atom stereocenters. The second-order valence-electron chi connectivity index (χ2n) is 2.50. The molecule has 1 heterocycles. The Balaban J connectivity index is 2.29. The molecular weight excluding hydrogens is 100 g/mol. The van der Waals surface area contributed by atoms with E-state index in [9.17, 15) is 0 Å². The van der Waals surface area contributed by atoms with Gasteiger partial charge in [-0.1, -0.05) is 6.92 Å². The van der Waals surface area contributed by atoms with Crippen LogP contribution in [0.15, 0.2) is 0 Å². The molecule has 1 fully saturated rings.